The number of amides is 1. The highest BCUT2D eigenvalue weighted by molar-refractivity contribution is 5.80. The molecular weight excluding hydrogens is 280 g/mol. The second-order valence-electron chi connectivity index (χ2n) is 5.69. The molecule has 1 aliphatic rings. The number of aliphatic imine (C=N–C) groups is 1. The Bertz CT molecular complexity index is 550. The maximum atomic E-state index is 11.7. The molecule has 6 nitrogen and oxygen atoms in total. The van der Waals surface area contributed by atoms with Crippen LogP contribution in [0.3, 0.4) is 0 Å². The molecule has 2 N–H and O–H groups in total. The van der Waals surface area contributed by atoms with Gasteiger partial charge in [0.05, 0.1) is 0 Å². The number of carbonyl (C=O) groups excluding carboxylic acids is 1. The molecule has 1 unspecified atom stereocenters. The van der Waals surface area contributed by atoms with E-state index in [-0.39, 0.29) is 11.9 Å². The Morgan fingerprint density at radius 3 is 2.86 bits per heavy atom. The van der Waals surface area contributed by atoms with Gasteiger partial charge in [0, 0.05) is 44.7 Å². The summed E-state index contributed by atoms with van der Waals surface area (Å²) in [5, 5.41) is 6.69. The molecule has 1 aromatic rings. The zero-order chi connectivity index (χ0) is 16.1. The fourth-order valence-electron chi connectivity index (χ4n) is 2.75. The van der Waals surface area contributed by atoms with Crippen LogP contribution in [0.2, 0.25) is 0 Å². The number of furan rings is 1. The summed E-state index contributed by atoms with van der Waals surface area (Å²) in [7, 11) is 1.76. The number of hydrogen-bond acceptors (Lipinski definition) is 3. The summed E-state index contributed by atoms with van der Waals surface area (Å²) in [6, 6.07) is 2.29. The van der Waals surface area contributed by atoms with Gasteiger partial charge >= 0.3 is 0 Å². The van der Waals surface area contributed by atoms with Crippen LogP contribution >= 0.6 is 0 Å². The minimum absolute atomic E-state index is 0.219. The van der Waals surface area contributed by atoms with E-state index >= 15 is 0 Å². The fourth-order valence-corrected chi connectivity index (χ4v) is 2.75. The maximum Gasteiger partial charge on any atom is 0.222 e. The Morgan fingerprint density at radius 2 is 2.27 bits per heavy atom. The normalized spacial score (nSPS) is 18.6. The smallest absolute Gasteiger partial charge is 0.222 e. The number of nitrogens with one attached hydrogen (secondary N) is 2. The van der Waals surface area contributed by atoms with Gasteiger partial charge in [-0.15, -0.1) is 0 Å². The van der Waals surface area contributed by atoms with Crippen molar-refractivity contribution in [3.63, 3.8) is 0 Å². The molecule has 0 bridgehead atoms. The van der Waals surface area contributed by atoms with Crippen LogP contribution in [0.5, 0.6) is 0 Å². The number of aryl methyl sites for hydroxylation is 2. The second-order valence-corrected chi connectivity index (χ2v) is 5.69. The Hall–Kier alpha value is -1.98. The molecule has 2 rings (SSSR count). The first-order chi connectivity index (χ1) is 10.5. The van der Waals surface area contributed by atoms with Crippen LogP contribution in [-0.4, -0.2) is 42.9 Å². The molecule has 1 atom stereocenters. The molecule has 122 valence electrons. The lowest BCUT2D eigenvalue weighted by Crippen LogP contribution is -2.44. The predicted octanol–water partition coefficient (Wildman–Crippen LogP) is 1.57. The van der Waals surface area contributed by atoms with E-state index in [2.05, 4.69) is 15.6 Å². The van der Waals surface area contributed by atoms with Crippen LogP contribution < -0.4 is 10.6 Å². The number of hydrogen-bond donors (Lipinski definition) is 2. The largest absolute Gasteiger partial charge is 0.466 e. The zero-order valence-electron chi connectivity index (χ0n) is 13.9. The van der Waals surface area contributed by atoms with Crippen LogP contribution in [0.15, 0.2) is 15.5 Å². The third kappa shape index (κ3) is 4.02. The van der Waals surface area contributed by atoms with E-state index in [0.717, 1.165) is 42.6 Å². The quantitative estimate of drug-likeness (QED) is 0.654. The lowest BCUT2D eigenvalue weighted by Gasteiger charge is -2.18. The summed E-state index contributed by atoms with van der Waals surface area (Å²) >= 11 is 0. The maximum absolute atomic E-state index is 11.7. The van der Waals surface area contributed by atoms with Crippen LogP contribution in [0.1, 0.15) is 36.8 Å². The third-order valence-corrected chi connectivity index (χ3v) is 4.00. The number of guanidine groups is 1. The summed E-state index contributed by atoms with van der Waals surface area (Å²) < 4.78 is 5.52. The molecule has 1 amide bonds. The Labute approximate surface area is 132 Å². The molecule has 22 heavy (non-hydrogen) atoms. The molecule has 1 aliphatic heterocycles. The Morgan fingerprint density at radius 1 is 1.50 bits per heavy atom. The van der Waals surface area contributed by atoms with Crippen LogP contribution in [0.4, 0.5) is 0 Å². The van der Waals surface area contributed by atoms with Gasteiger partial charge in [-0.25, -0.2) is 0 Å². The van der Waals surface area contributed by atoms with Crippen molar-refractivity contribution in [2.45, 2.75) is 46.2 Å². The average molecular weight is 306 g/mol. The predicted molar refractivity (Wildman–Crippen MR) is 86.8 cm³/mol. The summed E-state index contributed by atoms with van der Waals surface area (Å²) in [5.74, 6) is 2.83. The van der Waals surface area contributed by atoms with Gasteiger partial charge < -0.3 is 20.0 Å². The van der Waals surface area contributed by atoms with E-state index in [9.17, 15) is 4.79 Å². The van der Waals surface area contributed by atoms with Gasteiger partial charge in [-0.05, 0) is 26.3 Å². The lowest BCUT2D eigenvalue weighted by molar-refractivity contribution is -0.129. The molecule has 0 radical (unpaired) electrons. The summed E-state index contributed by atoms with van der Waals surface area (Å²) in [4.78, 5) is 17.9. The highest BCUT2D eigenvalue weighted by Crippen LogP contribution is 2.13. The molecular formula is C16H26N4O2. The van der Waals surface area contributed by atoms with Crippen molar-refractivity contribution in [2.75, 3.05) is 20.1 Å². The number of nitrogens with zero attached hydrogens (tertiary/aromatic N) is 2. The Kier molecular flexibility index (Phi) is 5.46. The SMILES string of the molecule is CCC(=O)N1CCC(NC(=NC)NCc2cc(C)oc2C)C1. The first-order valence-corrected chi connectivity index (χ1v) is 7.84. The highest BCUT2D eigenvalue weighted by atomic mass is 16.3. The van der Waals surface area contributed by atoms with Gasteiger partial charge in [-0.2, -0.15) is 0 Å². The van der Waals surface area contributed by atoms with E-state index in [4.69, 9.17) is 4.42 Å². The van der Waals surface area contributed by atoms with Crippen molar-refractivity contribution in [2.24, 2.45) is 4.99 Å². The fraction of sp³-hybridized carbons (Fsp3) is 0.625. The molecule has 0 aromatic carbocycles. The Balaban J connectivity index is 1.83. The molecule has 0 spiro atoms. The van der Waals surface area contributed by atoms with Gasteiger partial charge in [0.1, 0.15) is 11.5 Å². The molecule has 1 fully saturated rings. The van der Waals surface area contributed by atoms with E-state index in [1.54, 1.807) is 7.05 Å². The van der Waals surface area contributed by atoms with Crippen LogP contribution in [-0.2, 0) is 11.3 Å². The lowest BCUT2D eigenvalue weighted by atomic mass is 10.2. The van der Waals surface area contributed by atoms with E-state index in [1.165, 1.54) is 0 Å². The molecule has 1 aromatic heterocycles. The number of likely N-dealkylation sites (tertiary alicyclic amines) is 1. The average Bonchev–Trinajstić information content (AvgIpc) is 3.09. The monoisotopic (exact) mass is 306 g/mol. The van der Waals surface area contributed by atoms with Crippen molar-refractivity contribution < 1.29 is 9.21 Å². The topological polar surface area (TPSA) is 69.9 Å². The summed E-state index contributed by atoms with van der Waals surface area (Å²) in [6.07, 6.45) is 1.52. The molecule has 0 aliphatic carbocycles. The van der Waals surface area contributed by atoms with Gasteiger partial charge in [-0.3, -0.25) is 9.79 Å². The van der Waals surface area contributed by atoms with E-state index in [0.29, 0.717) is 13.0 Å². The van der Waals surface area contributed by atoms with Crippen molar-refractivity contribution >= 4 is 11.9 Å². The highest BCUT2D eigenvalue weighted by Gasteiger charge is 2.25. The zero-order valence-corrected chi connectivity index (χ0v) is 13.9. The number of carbonyl (C=O) groups is 1. The van der Waals surface area contributed by atoms with Gasteiger partial charge in [0.25, 0.3) is 0 Å². The molecule has 2 heterocycles. The van der Waals surface area contributed by atoms with E-state index < -0.39 is 0 Å². The van der Waals surface area contributed by atoms with Crippen molar-refractivity contribution in [3.05, 3.63) is 23.2 Å². The van der Waals surface area contributed by atoms with Crippen molar-refractivity contribution in [1.29, 1.82) is 0 Å². The van der Waals surface area contributed by atoms with Gasteiger partial charge in [0.15, 0.2) is 5.96 Å². The molecule has 6 heteroatoms. The molecule has 1 saturated heterocycles. The minimum atomic E-state index is 0.219. The molecule has 0 saturated carbocycles. The van der Waals surface area contributed by atoms with Crippen molar-refractivity contribution in [3.8, 4) is 0 Å². The first kappa shape index (κ1) is 16.4. The van der Waals surface area contributed by atoms with Crippen molar-refractivity contribution in [1.82, 2.24) is 15.5 Å². The summed E-state index contributed by atoms with van der Waals surface area (Å²) in [5.41, 5.74) is 1.13. The number of rotatable bonds is 4. The first-order valence-electron chi connectivity index (χ1n) is 7.84. The van der Waals surface area contributed by atoms with Crippen LogP contribution in [0, 0.1) is 13.8 Å². The standard InChI is InChI=1S/C16H26N4O2/c1-5-15(21)20-7-6-14(10-20)19-16(17-4)18-9-13-8-11(2)22-12(13)3/h8,14H,5-7,9-10H2,1-4H3,(H2,17,18,19). The van der Waals surface area contributed by atoms with E-state index in [1.807, 2.05) is 31.7 Å². The summed E-state index contributed by atoms with van der Waals surface area (Å²) in [6.45, 7) is 8.05. The third-order valence-electron chi connectivity index (χ3n) is 4.00. The van der Waals surface area contributed by atoms with Gasteiger partial charge in [0.2, 0.25) is 5.91 Å². The van der Waals surface area contributed by atoms with Gasteiger partial charge in [-0.1, -0.05) is 6.92 Å². The van der Waals surface area contributed by atoms with Crippen LogP contribution in [0.25, 0.3) is 0 Å². The second kappa shape index (κ2) is 7.33. The minimum Gasteiger partial charge on any atom is -0.466 e.